The van der Waals surface area contributed by atoms with Gasteiger partial charge in [0.2, 0.25) is 5.91 Å². The van der Waals surface area contributed by atoms with Crippen LogP contribution >= 0.6 is 0 Å². The number of benzene rings is 2. The largest absolute Gasteiger partial charge is 0.350 e. The van der Waals surface area contributed by atoms with Crippen molar-refractivity contribution in [2.24, 2.45) is 0 Å². The Balaban J connectivity index is 0.00000210. The van der Waals surface area contributed by atoms with Crippen molar-refractivity contribution >= 4 is 16.8 Å². The maximum Gasteiger partial charge on any atom is 0.329 e. The number of aromatic nitrogens is 2. The number of rotatable bonds is 4. The Morgan fingerprint density at radius 3 is 2.59 bits per heavy atom. The first-order valence-corrected chi connectivity index (χ1v) is 8.18. The first kappa shape index (κ1) is 18.5. The highest BCUT2D eigenvalue weighted by atomic mass is 19.1. The number of H-pyrrole nitrogens is 1. The molecule has 0 aliphatic carbocycles. The molecule has 0 aliphatic rings. The second-order valence-electron chi connectivity index (χ2n) is 6.59. The summed E-state index contributed by atoms with van der Waals surface area (Å²) in [5.41, 5.74) is -2.42. The van der Waals surface area contributed by atoms with Gasteiger partial charge in [0, 0.05) is 21.0 Å². The molecule has 144 valence electrons. The van der Waals surface area contributed by atoms with Gasteiger partial charge in [0.15, 0.2) is 0 Å². The second-order valence-corrected chi connectivity index (χ2v) is 6.59. The molecule has 0 spiro atoms. The summed E-state index contributed by atoms with van der Waals surface area (Å²) in [7, 11) is 0. The molecule has 1 aromatic heterocycles. The molecule has 1 amide bonds. The number of carbonyl (C=O) groups excluding carboxylic acids is 1. The lowest BCUT2D eigenvalue weighted by Crippen LogP contribution is -2.54. The molecule has 1 heterocycles. The van der Waals surface area contributed by atoms with E-state index in [-0.39, 0.29) is 20.3 Å². The van der Waals surface area contributed by atoms with Gasteiger partial charge in [-0.15, -0.1) is 0 Å². The highest BCUT2D eigenvalue weighted by molar-refractivity contribution is 5.84. The Morgan fingerprint density at radius 2 is 1.89 bits per heavy atom. The van der Waals surface area contributed by atoms with E-state index in [0.717, 1.165) is 10.6 Å². The van der Waals surface area contributed by atoms with Gasteiger partial charge in [-0.05, 0) is 32.0 Å². The van der Waals surface area contributed by atoms with Crippen LogP contribution < -0.4 is 16.6 Å². The second kappa shape index (κ2) is 6.79. The Morgan fingerprint density at radius 1 is 1.19 bits per heavy atom. The predicted molar refractivity (Wildman–Crippen MR) is 101 cm³/mol. The fourth-order valence-corrected chi connectivity index (χ4v) is 2.83. The van der Waals surface area contributed by atoms with Crippen LogP contribution in [0.15, 0.2) is 52.1 Å². The molecule has 2 aromatic carbocycles. The van der Waals surface area contributed by atoms with Gasteiger partial charge in [-0.25, -0.2) is 18.1 Å². The van der Waals surface area contributed by atoms with Crippen LogP contribution in [0.3, 0.4) is 0 Å². The lowest BCUT2D eigenvalue weighted by atomic mass is 10.0. The molecule has 0 fully saturated rings. The standard InChI is InChI=1S/C19H17F2N3O3.2H2/c1-19(2,17(26)22-10-11-7-8-12(20)9-14(11)21)24-16(25)13-5-3-4-6-15(13)23-18(24)27;;/h3-9H,10H2,1-2H3,(H,22,26)(H,23,27);2*1H. The average Bonchev–Trinajstić information content (AvgIpc) is 2.60. The van der Waals surface area contributed by atoms with E-state index in [1.165, 1.54) is 19.9 Å². The molecule has 3 aromatic rings. The van der Waals surface area contributed by atoms with Crippen LogP contribution in [0.5, 0.6) is 0 Å². The fraction of sp³-hybridized carbons (Fsp3) is 0.211. The van der Waals surface area contributed by atoms with E-state index in [9.17, 15) is 23.2 Å². The average molecular weight is 377 g/mol. The highest BCUT2D eigenvalue weighted by Crippen LogP contribution is 2.14. The topological polar surface area (TPSA) is 84.0 Å². The summed E-state index contributed by atoms with van der Waals surface area (Å²) in [6.45, 7) is 2.61. The third-order valence-corrected chi connectivity index (χ3v) is 4.37. The van der Waals surface area contributed by atoms with Crippen LogP contribution in [0.2, 0.25) is 0 Å². The van der Waals surface area contributed by atoms with Crippen molar-refractivity contribution in [2.45, 2.75) is 25.9 Å². The molecule has 27 heavy (non-hydrogen) atoms. The Labute approximate surface area is 155 Å². The predicted octanol–water partition coefficient (Wildman–Crippen LogP) is 2.51. The molecule has 0 saturated heterocycles. The summed E-state index contributed by atoms with van der Waals surface area (Å²) in [5, 5.41) is 2.75. The van der Waals surface area contributed by atoms with Crippen molar-refractivity contribution in [3.05, 3.63) is 80.5 Å². The summed E-state index contributed by atoms with van der Waals surface area (Å²) >= 11 is 0. The minimum Gasteiger partial charge on any atom is -0.350 e. The first-order chi connectivity index (χ1) is 12.7. The first-order valence-electron chi connectivity index (χ1n) is 8.18. The molecule has 3 rings (SSSR count). The van der Waals surface area contributed by atoms with Crippen molar-refractivity contribution in [3.8, 4) is 0 Å². The number of nitrogens with one attached hydrogen (secondary N) is 2. The lowest BCUT2D eigenvalue weighted by Gasteiger charge is -2.25. The van der Waals surface area contributed by atoms with Crippen LogP contribution in [-0.2, 0) is 16.9 Å². The molecule has 0 bridgehead atoms. The number of fused-ring (bicyclic) bond motifs is 1. The Hall–Kier alpha value is -3.29. The van der Waals surface area contributed by atoms with E-state index in [1.54, 1.807) is 24.3 Å². The molecule has 0 unspecified atom stereocenters. The number of aromatic amines is 1. The van der Waals surface area contributed by atoms with E-state index in [2.05, 4.69) is 10.3 Å². The van der Waals surface area contributed by atoms with Crippen LogP contribution in [0.4, 0.5) is 8.78 Å². The molecular weight excluding hydrogens is 356 g/mol. The van der Waals surface area contributed by atoms with Gasteiger partial charge in [0.05, 0.1) is 10.9 Å². The smallest absolute Gasteiger partial charge is 0.329 e. The molecule has 0 saturated carbocycles. The normalized spacial score (nSPS) is 11.6. The zero-order valence-electron chi connectivity index (χ0n) is 14.7. The van der Waals surface area contributed by atoms with E-state index in [4.69, 9.17) is 0 Å². The van der Waals surface area contributed by atoms with Crippen molar-refractivity contribution in [1.82, 2.24) is 14.9 Å². The molecule has 0 radical (unpaired) electrons. The molecular formula is C19H21F2N3O3. The van der Waals surface area contributed by atoms with Crippen LogP contribution in [-0.4, -0.2) is 15.5 Å². The van der Waals surface area contributed by atoms with Crippen molar-refractivity contribution in [3.63, 3.8) is 0 Å². The number of halogens is 2. The highest BCUT2D eigenvalue weighted by Gasteiger charge is 2.33. The quantitative estimate of drug-likeness (QED) is 0.733. The van der Waals surface area contributed by atoms with E-state index in [1.807, 2.05) is 0 Å². The van der Waals surface area contributed by atoms with Crippen LogP contribution in [0.1, 0.15) is 22.3 Å². The maximum atomic E-state index is 13.7. The Kier molecular flexibility index (Phi) is 4.65. The summed E-state index contributed by atoms with van der Waals surface area (Å²) in [5.74, 6) is -2.18. The maximum absolute atomic E-state index is 13.7. The van der Waals surface area contributed by atoms with Gasteiger partial charge in [-0.3, -0.25) is 9.59 Å². The summed E-state index contributed by atoms with van der Waals surface area (Å²) < 4.78 is 27.5. The number of carbonyl (C=O) groups is 1. The number of amides is 1. The minimum atomic E-state index is -1.54. The van der Waals surface area contributed by atoms with Gasteiger partial charge >= 0.3 is 5.69 Å². The van der Waals surface area contributed by atoms with Gasteiger partial charge in [0.25, 0.3) is 5.56 Å². The summed E-state index contributed by atoms with van der Waals surface area (Å²) in [4.78, 5) is 40.3. The fourth-order valence-electron chi connectivity index (χ4n) is 2.83. The van der Waals surface area contributed by atoms with Crippen LogP contribution in [0, 0.1) is 11.6 Å². The molecule has 0 aliphatic heterocycles. The SMILES string of the molecule is CC(C)(C(=O)NCc1ccc(F)cc1F)n1c(=O)[nH]c2ccccc2c1=O.[HH].[HH]. The van der Waals surface area contributed by atoms with Gasteiger partial charge in [-0.2, -0.15) is 0 Å². The van der Waals surface area contributed by atoms with Crippen molar-refractivity contribution in [1.29, 1.82) is 0 Å². The van der Waals surface area contributed by atoms with E-state index < -0.39 is 34.3 Å². The third kappa shape index (κ3) is 3.38. The van der Waals surface area contributed by atoms with Crippen molar-refractivity contribution < 1.29 is 16.4 Å². The zero-order valence-corrected chi connectivity index (χ0v) is 14.7. The lowest BCUT2D eigenvalue weighted by molar-refractivity contribution is -0.128. The van der Waals surface area contributed by atoms with Crippen LogP contribution in [0.25, 0.3) is 10.9 Å². The zero-order chi connectivity index (χ0) is 19.8. The molecule has 2 N–H and O–H groups in total. The van der Waals surface area contributed by atoms with Gasteiger partial charge in [0.1, 0.15) is 17.2 Å². The number of hydrogen-bond acceptors (Lipinski definition) is 3. The number of para-hydroxylation sites is 1. The van der Waals surface area contributed by atoms with E-state index >= 15 is 0 Å². The number of hydrogen-bond donors (Lipinski definition) is 2. The Bertz CT molecular complexity index is 1160. The minimum absolute atomic E-state index is 0. The third-order valence-electron chi connectivity index (χ3n) is 4.37. The summed E-state index contributed by atoms with van der Waals surface area (Å²) in [6.07, 6.45) is 0. The van der Waals surface area contributed by atoms with Gasteiger partial charge < -0.3 is 10.3 Å². The molecule has 8 heteroatoms. The van der Waals surface area contributed by atoms with Gasteiger partial charge in [-0.1, -0.05) is 18.2 Å². The monoisotopic (exact) mass is 377 g/mol. The molecule has 6 nitrogen and oxygen atoms in total. The summed E-state index contributed by atoms with van der Waals surface area (Å²) in [6, 6.07) is 9.47. The molecule has 0 atom stereocenters. The number of nitrogens with zero attached hydrogens (tertiary/aromatic N) is 1. The van der Waals surface area contributed by atoms with E-state index in [0.29, 0.717) is 11.6 Å². The van der Waals surface area contributed by atoms with Crippen molar-refractivity contribution in [2.75, 3.05) is 0 Å².